The van der Waals surface area contributed by atoms with Gasteiger partial charge in [0.05, 0.1) is 28.8 Å². The van der Waals surface area contributed by atoms with Crippen molar-refractivity contribution in [3.05, 3.63) is 63.9 Å². The molecule has 1 saturated heterocycles. The van der Waals surface area contributed by atoms with Gasteiger partial charge in [-0.3, -0.25) is 9.59 Å². The Labute approximate surface area is 208 Å². The van der Waals surface area contributed by atoms with Gasteiger partial charge >= 0.3 is 6.09 Å². The van der Waals surface area contributed by atoms with Crippen molar-refractivity contribution in [1.29, 1.82) is 5.26 Å². The number of hydrogen-bond donors (Lipinski definition) is 2. The van der Waals surface area contributed by atoms with E-state index < -0.39 is 29.1 Å². The van der Waals surface area contributed by atoms with E-state index in [1.54, 1.807) is 0 Å². The van der Waals surface area contributed by atoms with Crippen LogP contribution in [0.15, 0.2) is 36.4 Å². The summed E-state index contributed by atoms with van der Waals surface area (Å²) in [5.74, 6) is -1.75. The van der Waals surface area contributed by atoms with E-state index in [0.717, 1.165) is 23.3 Å². The number of nitrogens with one attached hydrogen (secondary N) is 2. The quantitative estimate of drug-likeness (QED) is 0.553. The smallest absolute Gasteiger partial charge is 0.409 e. The van der Waals surface area contributed by atoms with E-state index in [2.05, 4.69) is 10.6 Å². The van der Waals surface area contributed by atoms with Crippen LogP contribution >= 0.6 is 11.6 Å². The molecule has 0 unspecified atom stereocenters. The van der Waals surface area contributed by atoms with Gasteiger partial charge < -0.3 is 20.3 Å². The predicted molar refractivity (Wildman–Crippen MR) is 129 cm³/mol. The van der Waals surface area contributed by atoms with Crippen LogP contribution in [-0.4, -0.2) is 49.6 Å². The molecule has 35 heavy (non-hydrogen) atoms. The van der Waals surface area contributed by atoms with Crippen LogP contribution in [0, 0.1) is 17.1 Å². The highest BCUT2D eigenvalue weighted by Crippen LogP contribution is 2.40. The number of benzene rings is 2. The largest absolute Gasteiger partial charge is 0.448 e. The lowest BCUT2D eigenvalue weighted by atomic mass is 9.70. The summed E-state index contributed by atoms with van der Waals surface area (Å²) in [6, 6.07) is 11.5. The lowest BCUT2D eigenvalue weighted by Gasteiger charge is -2.49. The summed E-state index contributed by atoms with van der Waals surface area (Å²) in [6.07, 6.45) is -0.569. The molecule has 2 aromatic rings. The summed E-state index contributed by atoms with van der Waals surface area (Å²) >= 11 is 5.86. The first-order valence-corrected chi connectivity index (χ1v) is 11.4. The summed E-state index contributed by atoms with van der Waals surface area (Å²) in [4.78, 5) is 39.9. The van der Waals surface area contributed by atoms with Crippen molar-refractivity contribution in [2.75, 3.05) is 32.1 Å². The number of carbonyl (C=O) groups is 3. The van der Waals surface area contributed by atoms with E-state index in [1.807, 2.05) is 44.2 Å². The summed E-state index contributed by atoms with van der Waals surface area (Å²) in [6.45, 7) is 3.97. The fourth-order valence-electron chi connectivity index (χ4n) is 4.10. The zero-order valence-corrected chi connectivity index (χ0v) is 20.4. The van der Waals surface area contributed by atoms with Crippen LogP contribution in [0.2, 0.25) is 5.02 Å². The average Bonchev–Trinajstić information content (AvgIpc) is 2.80. The Morgan fingerprint density at radius 3 is 2.57 bits per heavy atom. The molecule has 3 rings (SSSR count). The van der Waals surface area contributed by atoms with Crippen molar-refractivity contribution in [1.82, 2.24) is 10.2 Å². The Balaban J connectivity index is 1.99. The lowest BCUT2D eigenvalue weighted by molar-refractivity contribution is -0.127. The molecule has 0 bridgehead atoms. The third-order valence-corrected chi connectivity index (χ3v) is 6.22. The van der Waals surface area contributed by atoms with Crippen LogP contribution in [0.4, 0.5) is 14.9 Å². The number of hydrogen-bond acceptors (Lipinski definition) is 5. The number of ether oxygens (including phenoxy) is 1. The Kier molecular flexibility index (Phi) is 7.97. The minimum Gasteiger partial charge on any atom is -0.448 e. The topological polar surface area (TPSA) is 112 Å². The number of likely N-dealkylation sites (tertiary alicyclic amines) is 1. The molecule has 1 aliphatic rings. The summed E-state index contributed by atoms with van der Waals surface area (Å²) in [5.41, 5.74) is 0.461. The van der Waals surface area contributed by atoms with E-state index in [0.29, 0.717) is 0 Å². The van der Waals surface area contributed by atoms with Crippen molar-refractivity contribution in [3.8, 4) is 6.07 Å². The minimum absolute atomic E-state index is 0.00615. The van der Waals surface area contributed by atoms with Gasteiger partial charge in [-0.2, -0.15) is 5.26 Å². The van der Waals surface area contributed by atoms with Gasteiger partial charge in [-0.05, 0) is 29.2 Å². The highest BCUT2D eigenvalue weighted by Gasteiger charge is 2.54. The van der Waals surface area contributed by atoms with Crippen LogP contribution < -0.4 is 10.6 Å². The number of amides is 3. The molecule has 0 aromatic heterocycles. The Bertz CT molecular complexity index is 1190. The molecular weight excluding hydrogens is 475 g/mol. The maximum atomic E-state index is 14.3. The molecule has 3 amide bonds. The zero-order valence-electron chi connectivity index (χ0n) is 19.7. The lowest BCUT2D eigenvalue weighted by Crippen LogP contribution is -2.66. The minimum atomic E-state index is -1.16. The van der Waals surface area contributed by atoms with Crippen LogP contribution in [0.3, 0.4) is 0 Å². The molecule has 10 heteroatoms. The second-order valence-corrected chi connectivity index (χ2v) is 8.95. The highest BCUT2D eigenvalue weighted by atomic mass is 35.5. The molecule has 2 aromatic carbocycles. The third-order valence-electron chi connectivity index (χ3n) is 5.93. The van der Waals surface area contributed by atoms with Crippen molar-refractivity contribution in [3.63, 3.8) is 0 Å². The van der Waals surface area contributed by atoms with Crippen LogP contribution in [0.1, 0.15) is 47.7 Å². The SMILES string of the molecule is CNC(=O)c1cc(Cl)c(F)cc1NC(=O)C1(c2ccccc2C(C)C)CN(C(=O)OCCC#N)C1. The first kappa shape index (κ1) is 26.0. The highest BCUT2D eigenvalue weighted by molar-refractivity contribution is 6.31. The van der Waals surface area contributed by atoms with Gasteiger partial charge in [-0.15, -0.1) is 0 Å². The summed E-state index contributed by atoms with van der Waals surface area (Å²) in [5, 5.41) is 13.5. The van der Waals surface area contributed by atoms with E-state index in [-0.39, 0.29) is 48.3 Å². The van der Waals surface area contributed by atoms with Crippen molar-refractivity contribution in [2.45, 2.75) is 31.6 Å². The Morgan fingerprint density at radius 2 is 1.94 bits per heavy atom. The van der Waals surface area contributed by atoms with Gasteiger partial charge in [0, 0.05) is 20.1 Å². The first-order chi connectivity index (χ1) is 16.6. The zero-order chi connectivity index (χ0) is 25.8. The second kappa shape index (κ2) is 10.7. The van der Waals surface area contributed by atoms with Gasteiger partial charge in [0.25, 0.3) is 5.91 Å². The monoisotopic (exact) mass is 500 g/mol. The van der Waals surface area contributed by atoms with Gasteiger partial charge in [-0.1, -0.05) is 49.7 Å². The molecule has 0 saturated carbocycles. The van der Waals surface area contributed by atoms with Crippen molar-refractivity contribution < 1.29 is 23.5 Å². The molecule has 0 spiro atoms. The molecule has 1 aliphatic heterocycles. The number of anilines is 1. The molecule has 2 N–H and O–H groups in total. The normalized spacial score (nSPS) is 14.0. The van der Waals surface area contributed by atoms with Crippen molar-refractivity contribution >= 4 is 35.2 Å². The molecule has 0 atom stereocenters. The third kappa shape index (κ3) is 5.23. The average molecular weight is 501 g/mol. The Morgan fingerprint density at radius 1 is 1.26 bits per heavy atom. The fraction of sp³-hybridized carbons (Fsp3) is 0.360. The molecule has 1 fully saturated rings. The van der Waals surface area contributed by atoms with Gasteiger partial charge in [0.15, 0.2) is 0 Å². The van der Waals surface area contributed by atoms with Gasteiger partial charge in [0.2, 0.25) is 5.91 Å². The Hall–Kier alpha value is -3.64. The summed E-state index contributed by atoms with van der Waals surface area (Å²) < 4.78 is 19.4. The number of rotatable bonds is 7. The van der Waals surface area contributed by atoms with Crippen molar-refractivity contribution in [2.24, 2.45) is 0 Å². The van der Waals surface area contributed by atoms with E-state index in [4.69, 9.17) is 21.6 Å². The number of halogens is 2. The molecular formula is C25H26ClFN4O4. The van der Waals surface area contributed by atoms with Gasteiger partial charge in [0.1, 0.15) is 17.8 Å². The predicted octanol–water partition coefficient (Wildman–Crippen LogP) is 4.20. The maximum absolute atomic E-state index is 14.3. The second-order valence-electron chi connectivity index (χ2n) is 8.55. The number of nitriles is 1. The van der Waals surface area contributed by atoms with Crippen LogP contribution in [-0.2, 0) is 14.9 Å². The van der Waals surface area contributed by atoms with Gasteiger partial charge in [-0.25, -0.2) is 9.18 Å². The number of carbonyl (C=O) groups excluding carboxylic acids is 3. The van der Waals surface area contributed by atoms with Crippen LogP contribution in [0.25, 0.3) is 0 Å². The van der Waals surface area contributed by atoms with E-state index >= 15 is 0 Å². The molecule has 0 aliphatic carbocycles. The standard InChI is InChI=1S/C25H26ClFN4O4/c1-15(2)16-7-4-5-8-18(16)25(13-31(14-25)24(34)35-10-6-9-28)23(33)30-21-12-20(27)19(26)11-17(21)22(32)29-3/h4-5,7-8,11-12,15H,6,10,13-14H2,1-3H3,(H,29,32)(H,30,33). The fourth-order valence-corrected chi connectivity index (χ4v) is 4.26. The molecule has 1 heterocycles. The maximum Gasteiger partial charge on any atom is 0.409 e. The van der Waals surface area contributed by atoms with E-state index in [9.17, 15) is 18.8 Å². The number of nitrogens with zero attached hydrogens (tertiary/aromatic N) is 2. The molecule has 0 radical (unpaired) electrons. The molecule has 8 nitrogen and oxygen atoms in total. The first-order valence-electron chi connectivity index (χ1n) is 11.0. The summed E-state index contributed by atoms with van der Waals surface area (Å²) in [7, 11) is 1.41. The van der Waals surface area contributed by atoms with E-state index in [1.165, 1.54) is 11.9 Å². The molecule has 184 valence electrons. The van der Waals surface area contributed by atoms with Crippen LogP contribution in [0.5, 0.6) is 0 Å².